The van der Waals surface area contributed by atoms with E-state index in [1.54, 1.807) is 6.92 Å². The SMILES string of the molecule is CC(=O)O[C@H]1CC[C@](C)([C@H]2CC[C@]3(C)[C@@H](C(C)=O)CC[C@H]3[C@@H]2CC#N)C(=O)C1. The number of Topliss-reactive ketones (excluding diaryl/α,β-unsaturated/α-hetero) is 2. The third-order valence-electron chi connectivity index (χ3n) is 8.44. The number of fused-ring (bicyclic) bond motifs is 1. The molecule has 0 aliphatic heterocycles. The van der Waals surface area contributed by atoms with Crippen LogP contribution in [0.15, 0.2) is 0 Å². The maximum absolute atomic E-state index is 13.2. The molecule has 0 spiro atoms. The quantitative estimate of drug-likeness (QED) is 0.674. The van der Waals surface area contributed by atoms with Gasteiger partial charge >= 0.3 is 5.97 Å². The Kier molecular flexibility index (Phi) is 5.71. The molecule has 3 aliphatic carbocycles. The molecular formula is C23H33NO4. The average Bonchev–Trinajstić information content (AvgIpc) is 2.96. The van der Waals surface area contributed by atoms with Crippen molar-refractivity contribution in [3.8, 4) is 6.07 Å². The summed E-state index contributed by atoms with van der Waals surface area (Å²) in [5.41, 5.74) is -0.508. The van der Waals surface area contributed by atoms with E-state index in [4.69, 9.17) is 4.74 Å². The Morgan fingerprint density at radius 1 is 1.11 bits per heavy atom. The number of hydrogen-bond acceptors (Lipinski definition) is 5. The zero-order valence-electron chi connectivity index (χ0n) is 17.6. The fourth-order valence-corrected chi connectivity index (χ4v) is 7.01. The van der Waals surface area contributed by atoms with E-state index in [1.807, 2.05) is 0 Å². The number of ether oxygens (including phenoxy) is 1. The zero-order valence-corrected chi connectivity index (χ0v) is 17.6. The largest absolute Gasteiger partial charge is 0.462 e. The van der Waals surface area contributed by atoms with Gasteiger partial charge in [-0.3, -0.25) is 14.4 Å². The predicted molar refractivity (Wildman–Crippen MR) is 104 cm³/mol. The molecule has 0 radical (unpaired) electrons. The van der Waals surface area contributed by atoms with Crippen molar-refractivity contribution in [2.75, 3.05) is 0 Å². The number of esters is 1. The van der Waals surface area contributed by atoms with Gasteiger partial charge in [-0.2, -0.15) is 5.26 Å². The standard InChI is InChI=1S/C23H33NO4/c1-14(25)18-5-6-19-17(9-12-24)20(8-11-22(18,19)3)23(4)10-7-16(13-21(23)27)28-15(2)26/h16-20H,5-11,13H2,1-4H3/t16-,17-,18+,19-,20-,22+,23+/m0/s1. The number of rotatable bonds is 4. The van der Waals surface area contributed by atoms with Gasteiger partial charge in [0.05, 0.1) is 6.07 Å². The summed E-state index contributed by atoms with van der Waals surface area (Å²) in [6.07, 6.45) is 5.55. The van der Waals surface area contributed by atoms with E-state index >= 15 is 0 Å². The molecule has 28 heavy (non-hydrogen) atoms. The topological polar surface area (TPSA) is 84.2 Å². The Morgan fingerprint density at radius 2 is 1.82 bits per heavy atom. The van der Waals surface area contributed by atoms with E-state index in [-0.39, 0.29) is 53.2 Å². The van der Waals surface area contributed by atoms with Crippen LogP contribution in [0.4, 0.5) is 0 Å². The summed E-state index contributed by atoms with van der Waals surface area (Å²) in [5.74, 6) is 0.844. The molecule has 0 saturated heterocycles. The molecule has 3 rings (SSSR count). The molecule has 0 amide bonds. The van der Waals surface area contributed by atoms with Gasteiger partial charge in [0.15, 0.2) is 0 Å². The second-order valence-electron chi connectivity index (χ2n) is 9.84. The molecule has 5 heteroatoms. The highest BCUT2D eigenvalue weighted by Crippen LogP contribution is 2.63. The lowest BCUT2D eigenvalue weighted by Crippen LogP contribution is -2.52. The van der Waals surface area contributed by atoms with Crippen LogP contribution < -0.4 is 0 Å². The lowest BCUT2D eigenvalue weighted by molar-refractivity contribution is -0.157. The maximum atomic E-state index is 13.2. The van der Waals surface area contributed by atoms with Crippen LogP contribution in [-0.4, -0.2) is 23.6 Å². The van der Waals surface area contributed by atoms with Gasteiger partial charge < -0.3 is 4.74 Å². The monoisotopic (exact) mass is 387 g/mol. The minimum absolute atomic E-state index is 0.0435. The van der Waals surface area contributed by atoms with Gasteiger partial charge in [0.25, 0.3) is 0 Å². The smallest absolute Gasteiger partial charge is 0.302 e. The molecule has 7 atom stereocenters. The first kappa shape index (κ1) is 21.0. The highest BCUT2D eigenvalue weighted by molar-refractivity contribution is 5.86. The van der Waals surface area contributed by atoms with Gasteiger partial charge in [0.1, 0.15) is 17.7 Å². The Hall–Kier alpha value is -1.70. The summed E-state index contributed by atoms with van der Waals surface area (Å²) >= 11 is 0. The van der Waals surface area contributed by atoms with Crippen molar-refractivity contribution in [2.45, 2.75) is 85.2 Å². The van der Waals surface area contributed by atoms with Crippen LogP contribution in [0.5, 0.6) is 0 Å². The minimum atomic E-state index is -0.464. The lowest BCUT2D eigenvalue weighted by atomic mass is 9.50. The number of hydrogen-bond donors (Lipinski definition) is 0. The average molecular weight is 388 g/mol. The molecule has 0 unspecified atom stereocenters. The van der Waals surface area contributed by atoms with Crippen LogP contribution in [0.1, 0.15) is 79.1 Å². The van der Waals surface area contributed by atoms with Crippen LogP contribution in [0.3, 0.4) is 0 Å². The van der Waals surface area contributed by atoms with E-state index in [2.05, 4.69) is 19.9 Å². The molecule has 3 aliphatic rings. The van der Waals surface area contributed by atoms with Gasteiger partial charge in [0, 0.05) is 31.1 Å². The van der Waals surface area contributed by atoms with Crippen LogP contribution in [0.25, 0.3) is 0 Å². The van der Waals surface area contributed by atoms with Crippen LogP contribution >= 0.6 is 0 Å². The van der Waals surface area contributed by atoms with Crippen LogP contribution in [0, 0.1) is 45.8 Å². The predicted octanol–water partition coefficient (Wildman–Crippen LogP) is 4.24. The van der Waals surface area contributed by atoms with E-state index in [0.717, 1.165) is 25.7 Å². The molecule has 3 fully saturated rings. The van der Waals surface area contributed by atoms with Gasteiger partial charge in [0.2, 0.25) is 0 Å². The molecule has 0 aromatic carbocycles. The summed E-state index contributed by atoms with van der Waals surface area (Å²) in [7, 11) is 0. The van der Waals surface area contributed by atoms with Crippen LogP contribution in [-0.2, 0) is 19.1 Å². The molecule has 0 aromatic rings. The van der Waals surface area contributed by atoms with Gasteiger partial charge in [-0.15, -0.1) is 0 Å². The first-order valence-electron chi connectivity index (χ1n) is 10.7. The Morgan fingerprint density at radius 3 is 2.39 bits per heavy atom. The summed E-state index contributed by atoms with van der Waals surface area (Å²) in [6, 6.07) is 2.38. The fourth-order valence-electron chi connectivity index (χ4n) is 7.01. The Balaban J connectivity index is 1.84. The van der Waals surface area contributed by atoms with Gasteiger partial charge in [-0.05, 0) is 68.6 Å². The summed E-state index contributed by atoms with van der Waals surface area (Å²) in [4.78, 5) is 36.7. The number of carbonyl (C=O) groups is 3. The molecule has 154 valence electrons. The molecular weight excluding hydrogens is 354 g/mol. The molecule has 0 bridgehead atoms. The number of nitriles is 1. The highest BCUT2D eigenvalue weighted by atomic mass is 16.5. The van der Waals surface area contributed by atoms with E-state index in [1.165, 1.54) is 6.92 Å². The van der Waals surface area contributed by atoms with Crippen molar-refractivity contribution in [1.29, 1.82) is 5.26 Å². The Bertz CT molecular complexity index is 710. The normalized spacial score (nSPS) is 43.1. The molecule has 0 aromatic heterocycles. The zero-order chi connectivity index (χ0) is 20.7. The van der Waals surface area contributed by atoms with E-state index in [0.29, 0.717) is 25.2 Å². The fraction of sp³-hybridized carbons (Fsp3) is 0.826. The first-order valence-corrected chi connectivity index (χ1v) is 10.7. The lowest BCUT2D eigenvalue weighted by Gasteiger charge is -2.53. The van der Waals surface area contributed by atoms with Gasteiger partial charge in [-0.25, -0.2) is 0 Å². The van der Waals surface area contributed by atoms with Crippen molar-refractivity contribution in [1.82, 2.24) is 0 Å². The minimum Gasteiger partial charge on any atom is -0.462 e. The highest BCUT2D eigenvalue weighted by Gasteiger charge is 2.59. The molecule has 5 nitrogen and oxygen atoms in total. The molecule has 0 N–H and O–H groups in total. The van der Waals surface area contributed by atoms with Crippen molar-refractivity contribution < 1.29 is 19.1 Å². The summed E-state index contributed by atoms with van der Waals surface area (Å²) in [5, 5.41) is 9.55. The van der Waals surface area contributed by atoms with Crippen molar-refractivity contribution >= 4 is 17.5 Å². The molecule has 3 saturated carbocycles. The summed E-state index contributed by atoms with van der Waals surface area (Å²) in [6.45, 7) is 7.38. The van der Waals surface area contributed by atoms with Crippen molar-refractivity contribution in [3.63, 3.8) is 0 Å². The van der Waals surface area contributed by atoms with Crippen molar-refractivity contribution in [2.24, 2.45) is 34.5 Å². The number of nitrogens with zero attached hydrogens (tertiary/aromatic N) is 1. The van der Waals surface area contributed by atoms with Gasteiger partial charge in [-0.1, -0.05) is 13.8 Å². The second-order valence-corrected chi connectivity index (χ2v) is 9.84. The van der Waals surface area contributed by atoms with E-state index < -0.39 is 5.41 Å². The first-order chi connectivity index (χ1) is 13.1. The van der Waals surface area contributed by atoms with Crippen molar-refractivity contribution in [3.05, 3.63) is 0 Å². The third kappa shape index (κ3) is 3.40. The Labute approximate surface area is 168 Å². The second kappa shape index (κ2) is 7.61. The number of ketones is 2. The molecule has 0 heterocycles. The maximum Gasteiger partial charge on any atom is 0.302 e. The van der Waals surface area contributed by atoms with Crippen LogP contribution in [0.2, 0.25) is 0 Å². The summed E-state index contributed by atoms with van der Waals surface area (Å²) < 4.78 is 5.29. The van der Waals surface area contributed by atoms with E-state index in [9.17, 15) is 19.6 Å². The number of carbonyl (C=O) groups excluding carboxylic acids is 3. The third-order valence-corrected chi connectivity index (χ3v) is 8.44.